The Morgan fingerprint density at radius 2 is 1.64 bits per heavy atom. The van der Waals surface area contributed by atoms with Crippen molar-refractivity contribution in [3.05, 3.63) is 82.8 Å². The third-order valence-electron chi connectivity index (χ3n) is 5.80. The third-order valence-corrected chi connectivity index (χ3v) is 5.80. The molecule has 2 aliphatic rings. The van der Waals surface area contributed by atoms with E-state index in [0.29, 0.717) is 5.56 Å². The number of allylic oxidation sites excluding steroid dienone is 1. The number of nitrogens with one attached hydrogen (secondary N) is 1. The van der Waals surface area contributed by atoms with Crippen molar-refractivity contribution in [3.63, 3.8) is 0 Å². The maximum atomic E-state index is 13.1. The Kier molecular flexibility index (Phi) is 6.43. The van der Waals surface area contributed by atoms with Crippen molar-refractivity contribution in [3.8, 4) is 6.07 Å². The Balaban J connectivity index is 2.00. The lowest BCUT2D eigenvalue weighted by Crippen LogP contribution is -2.41. The minimum atomic E-state index is -1.01. The van der Waals surface area contributed by atoms with Crippen LogP contribution in [0.4, 0.5) is 16.2 Å². The van der Waals surface area contributed by atoms with Crippen molar-refractivity contribution < 1.29 is 28.7 Å². The molecule has 11 heteroatoms. The van der Waals surface area contributed by atoms with Crippen molar-refractivity contribution in [1.29, 1.82) is 5.26 Å². The van der Waals surface area contributed by atoms with Gasteiger partial charge in [0.2, 0.25) is 0 Å². The van der Waals surface area contributed by atoms with Crippen LogP contribution in [0.25, 0.3) is 0 Å². The lowest BCUT2D eigenvalue weighted by Gasteiger charge is -2.36. The molecule has 0 spiro atoms. The molecule has 0 bridgehead atoms. The molecule has 1 saturated heterocycles. The van der Waals surface area contributed by atoms with Gasteiger partial charge in [0.05, 0.1) is 49.6 Å². The molecule has 2 aromatic rings. The van der Waals surface area contributed by atoms with Crippen molar-refractivity contribution in [1.82, 2.24) is 5.32 Å². The Bertz CT molecular complexity index is 1360. The van der Waals surface area contributed by atoms with E-state index in [2.05, 4.69) is 11.4 Å². The van der Waals surface area contributed by atoms with Gasteiger partial charge in [0.1, 0.15) is 11.5 Å². The van der Waals surface area contributed by atoms with Crippen molar-refractivity contribution >= 4 is 35.3 Å². The first-order valence-electron chi connectivity index (χ1n) is 10.7. The van der Waals surface area contributed by atoms with Gasteiger partial charge in [0, 0.05) is 5.69 Å². The number of nitrogens with zero attached hydrogens (tertiary/aromatic N) is 3. The van der Waals surface area contributed by atoms with Crippen LogP contribution in [-0.2, 0) is 23.9 Å². The number of amides is 3. The lowest BCUT2D eigenvalue weighted by molar-refractivity contribution is -0.139. The number of rotatable bonds is 5. The monoisotopic (exact) mass is 487 g/mol. The summed E-state index contributed by atoms with van der Waals surface area (Å²) in [6, 6.07) is 16.1. The fourth-order valence-corrected chi connectivity index (χ4v) is 4.24. The van der Waals surface area contributed by atoms with Crippen LogP contribution in [-0.4, -0.2) is 44.6 Å². The van der Waals surface area contributed by atoms with E-state index in [4.69, 9.17) is 15.2 Å². The Labute approximate surface area is 206 Å². The maximum Gasteiger partial charge on any atom is 0.355 e. The summed E-state index contributed by atoms with van der Waals surface area (Å²) >= 11 is 0. The van der Waals surface area contributed by atoms with Crippen LogP contribution < -0.4 is 20.9 Å². The van der Waals surface area contributed by atoms with E-state index in [1.165, 1.54) is 17.0 Å². The van der Waals surface area contributed by atoms with Gasteiger partial charge in [-0.1, -0.05) is 36.4 Å². The summed E-state index contributed by atoms with van der Waals surface area (Å²) in [6.07, 6.45) is 0. The van der Waals surface area contributed by atoms with Gasteiger partial charge in [0.25, 0.3) is 5.91 Å². The molecule has 4 rings (SSSR count). The Morgan fingerprint density at radius 3 is 2.19 bits per heavy atom. The molecule has 11 nitrogen and oxygen atoms in total. The fourth-order valence-electron chi connectivity index (χ4n) is 4.24. The standard InChI is InChI=1S/C25H21N5O6/c1-35-23(32)20-19(14-7-4-3-5-8-14)17(12-26)22(27)30(21(20)24(33)36-2)16-10-6-9-15(11-16)29-18(31)13-28-25(29)34/h3-11,19H,13,27H2,1-2H3,(H,28,34). The number of carbonyl (C=O) groups excluding carboxylic acids is 4. The van der Waals surface area contributed by atoms with Crippen LogP contribution in [0.3, 0.4) is 0 Å². The second kappa shape index (κ2) is 9.63. The quantitative estimate of drug-likeness (QED) is 0.473. The second-order valence-corrected chi connectivity index (χ2v) is 7.74. The molecule has 36 heavy (non-hydrogen) atoms. The van der Waals surface area contributed by atoms with E-state index in [9.17, 15) is 24.4 Å². The number of carbonyl (C=O) groups is 4. The predicted octanol–water partition coefficient (Wildman–Crippen LogP) is 1.64. The number of ether oxygens (including phenoxy) is 2. The molecular weight excluding hydrogens is 466 g/mol. The van der Waals surface area contributed by atoms with Crippen LogP contribution in [0.15, 0.2) is 77.3 Å². The molecule has 3 N–H and O–H groups in total. The number of hydrogen-bond donors (Lipinski definition) is 2. The zero-order chi connectivity index (χ0) is 26.0. The van der Waals surface area contributed by atoms with Gasteiger partial charge in [0.15, 0.2) is 0 Å². The summed E-state index contributed by atoms with van der Waals surface area (Å²) in [5, 5.41) is 12.5. The molecule has 0 aliphatic carbocycles. The smallest absolute Gasteiger partial charge is 0.355 e. The van der Waals surface area contributed by atoms with Gasteiger partial charge >= 0.3 is 18.0 Å². The summed E-state index contributed by atoms with van der Waals surface area (Å²) in [5.74, 6) is -3.38. The lowest BCUT2D eigenvalue weighted by atomic mass is 9.81. The van der Waals surface area contributed by atoms with Gasteiger partial charge in [-0.25, -0.2) is 19.3 Å². The van der Waals surface area contributed by atoms with Gasteiger partial charge in [-0.05, 0) is 23.8 Å². The number of imide groups is 1. The summed E-state index contributed by atoms with van der Waals surface area (Å²) in [6.45, 7) is -0.161. The molecule has 1 atom stereocenters. The third kappa shape index (κ3) is 3.90. The predicted molar refractivity (Wildman–Crippen MR) is 127 cm³/mol. The van der Waals surface area contributed by atoms with Crippen LogP contribution in [0, 0.1) is 11.3 Å². The number of nitriles is 1. The minimum Gasteiger partial charge on any atom is -0.466 e. The molecule has 1 fully saturated rings. The van der Waals surface area contributed by atoms with Crippen LogP contribution in [0.5, 0.6) is 0 Å². The summed E-state index contributed by atoms with van der Waals surface area (Å²) in [4.78, 5) is 52.8. The van der Waals surface area contributed by atoms with Gasteiger partial charge in [-0.15, -0.1) is 0 Å². The zero-order valence-electron chi connectivity index (χ0n) is 19.3. The van der Waals surface area contributed by atoms with E-state index in [1.807, 2.05) is 0 Å². The molecule has 2 aromatic carbocycles. The number of esters is 2. The van der Waals surface area contributed by atoms with E-state index >= 15 is 0 Å². The van der Waals surface area contributed by atoms with Crippen LogP contribution in [0.1, 0.15) is 11.5 Å². The summed E-state index contributed by atoms with van der Waals surface area (Å²) < 4.78 is 10.00. The van der Waals surface area contributed by atoms with Gasteiger partial charge in [-0.2, -0.15) is 5.26 Å². The minimum absolute atomic E-state index is 0.00496. The highest BCUT2D eigenvalue weighted by Gasteiger charge is 2.43. The number of hydrogen-bond acceptors (Lipinski definition) is 9. The topological polar surface area (TPSA) is 155 Å². The average Bonchev–Trinajstić information content (AvgIpc) is 3.24. The number of methoxy groups -OCH3 is 2. The summed E-state index contributed by atoms with van der Waals surface area (Å²) in [7, 11) is 2.30. The van der Waals surface area contributed by atoms with Crippen molar-refractivity contribution in [2.24, 2.45) is 5.73 Å². The molecule has 0 aromatic heterocycles. The maximum absolute atomic E-state index is 13.1. The summed E-state index contributed by atoms with van der Waals surface area (Å²) in [5.41, 5.74) is 6.99. The Hall–Kier alpha value is -5.11. The number of nitrogens with two attached hydrogens (primary N) is 1. The largest absolute Gasteiger partial charge is 0.466 e. The van der Waals surface area contributed by atoms with Gasteiger partial charge in [-0.3, -0.25) is 9.69 Å². The van der Waals surface area contributed by atoms with E-state index in [-0.39, 0.29) is 40.6 Å². The van der Waals surface area contributed by atoms with E-state index in [1.54, 1.807) is 42.5 Å². The highest BCUT2D eigenvalue weighted by molar-refractivity contribution is 6.20. The van der Waals surface area contributed by atoms with Crippen LogP contribution in [0.2, 0.25) is 0 Å². The second-order valence-electron chi connectivity index (χ2n) is 7.74. The molecule has 3 amide bonds. The number of urea groups is 1. The highest BCUT2D eigenvalue weighted by atomic mass is 16.5. The average molecular weight is 487 g/mol. The van der Waals surface area contributed by atoms with E-state index in [0.717, 1.165) is 19.1 Å². The molecule has 2 heterocycles. The molecule has 1 unspecified atom stereocenters. The first-order chi connectivity index (χ1) is 17.3. The van der Waals surface area contributed by atoms with Crippen molar-refractivity contribution in [2.75, 3.05) is 30.6 Å². The molecule has 182 valence electrons. The molecular formula is C25H21N5O6. The number of anilines is 2. The van der Waals surface area contributed by atoms with E-state index < -0.39 is 29.8 Å². The normalized spacial score (nSPS) is 17.6. The first kappa shape index (κ1) is 24.0. The first-order valence-corrected chi connectivity index (χ1v) is 10.7. The van der Waals surface area contributed by atoms with Crippen molar-refractivity contribution in [2.45, 2.75) is 5.92 Å². The molecule has 0 radical (unpaired) electrons. The fraction of sp³-hybridized carbons (Fsp3) is 0.160. The van der Waals surface area contributed by atoms with Crippen LogP contribution >= 0.6 is 0 Å². The molecule has 0 saturated carbocycles. The molecule has 2 aliphatic heterocycles. The number of benzene rings is 2. The Morgan fingerprint density at radius 1 is 1.00 bits per heavy atom. The highest BCUT2D eigenvalue weighted by Crippen LogP contribution is 2.43. The van der Waals surface area contributed by atoms with Gasteiger partial charge < -0.3 is 20.5 Å². The zero-order valence-corrected chi connectivity index (χ0v) is 19.3. The SMILES string of the molecule is COC(=O)C1=C(C(=O)OC)N(c2cccc(N3C(=O)CNC3=O)c2)C(N)=C(C#N)C1c1ccccc1.